The molecule has 1 aromatic carbocycles. The second-order valence-electron chi connectivity index (χ2n) is 3.05. The Balaban J connectivity index is 2.97. The number of carbonyl (C=O) groups excluding carboxylic acids is 2. The summed E-state index contributed by atoms with van der Waals surface area (Å²) < 4.78 is 4.75. The van der Waals surface area contributed by atoms with Crippen LogP contribution in [-0.2, 0) is 4.79 Å². The number of hydrogen-bond acceptors (Lipinski definition) is 4. The third-order valence-corrected chi connectivity index (χ3v) is 1.85. The van der Waals surface area contributed by atoms with E-state index in [1.54, 1.807) is 6.92 Å². The predicted octanol–water partition coefficient (Wildman–Crippen LogP) is 1.91. The van der Waals surface area contributed by atoms with Crippen LogP contribution >= 0.6 is 0 Å². The van der Waals surface area contributed by atoms with Crippen LogP contribution < -0.4 is 4.74 Å². The van der Waals surface area contributed by atoms with Crippen LogP contribution in [0.1, 0.15) is 30.6 Å². The zero-order valence-corrected chi connectivity index (χ0v) is 8.61. The number of hydrogen-bond donors (Lipinski definition) is 1. The molecule has 1 rings (SSSR count). The molecule has 0 unspecified atom stereocenters. The van der Waals surface area contributed by atoms with Gasteiger partial charge in [-0.15, -0.1) is 0 Å². The summed E-state index contributed by atoms with van der Waals surface area (Å²) in [7, 11) is 0. The van der Waals surface area contributed by atoms with Crippen molar-refractivity contribution in [2.45, 2.75) is 20.3 Å². The molecule has 0 atom stereocenters. The van der Waals surface area contributed by atoms with Crippen molar-refractivity contribution in [1.29, 1.82) is 0 Å². The molecular weight excluding hydrogens is 196 g/mol. The molecule has 0 aliphatic carbocycles. The predicted molar refractivity (Wildman–Crippen MR) is 54.0 cm³/mol. The van der Waals surface area contributed by atoms with Gasteiger partial charge in [0.1, 0.15) is 11.5 Å². The van der Waals surface area contributed by atoms with E-state index in [-0.39, 0.29) is 22.8 Å². The van der Waals surface area contributed by atoms with Crippen molar-refractivity contribution in [3.8, 4) is 11.5 Å². The fourth-order valence-corrected chi connectivity index (χ4v) is 1.17. The summed E-state index contributed by atoms with van der Waals surface area (Å²) in [6, 6.07) is 4.17. The molecule has 80 valence electrons. The highest BCUT2D eigenvalue weighted by Gasteiger charge is 2.10. The van der Waals surface area contributed by atoms with Crippen molar-refractivity contribution >= 4 is 11.8 Å². The van der Waals surface area contributed by atoms with E-state index in [9.17, 15) is 14.7 Å². The van der Waals surface area contributed by atoms with Gasteiger partial charge in [0.25, 0.3) is 0 Å². The first-order valence-electron chi connectivity index (χ1n) is 4.59. The van der Waals surface area contributed by atoms with E-state index in [0.29, 0.717) is 6.42 Å². The molecule has 4 heteroatoms. The summed E-state index contributed by atoms with van der Waals surface area (Å²) >= 11 is 0. The number of Topliss-reactive ketones (excluding diaryl/α,β-unsaturated/α-hetero) is 1. The number of carbonyl (C=O) groups is 2. The van der Waals surface area contributed by atoms with Gasteiger partial charge < -0.3 is 9.84 Å². The van der Waals surface area contributed by atoms with Gasteiger partial charge in [-0.25, -0.2) is 0 Å². The summed E-state index contributed by atoms with van der Waals surface area (Å²) in [4.78, 5) is 21.9. The fraction of sp³-hybridized carbons (Fsp3) is 0.273. The summed E-state index contributed by atoms with van der Waals surface area (Å²) in [5.74, 6) is -0.556. The average molecular weight is 208 g/mol. The fourth-order valence-electron chi connectivity index (χ4n) is 1.17. The molecule has 0 bridgehead atoms. The number of rotatable bonds is 3. The summed E-state index contributed by atoms with van der Waals surface area (Å²) in [6.45, 7) is 2.98. The topological polar surface area (TPSA) is 63.6 Å². The van der Waals surface area contributed by atoms with Crippen molar-refractivity contribution in [3.05, 3.63) is 23.8 Å². The number of esters is 1. The largest absolute Gasteiger partial charge is 0.507 e. The molecule has 1 N–H and O–H groups in total. The van der Waals surface area contributed by atoms with Crippen LogP contribution in [0.2, 0.25) is 0 Å². The Morgan fingerprint density at radius 2 is 2.07 bits per heavy atom. The van der Waals surface area contributed by atoms with Gasteiger partial charge in [0, 0.05) is 19.4 Å². The lowest BCUT2D eigenvalue weighted by Crippen LogP contribution is -2.02. The lowest BCUT2D eigenvalue weighted by Gasteiger charge is -2.05. The van der Waals surface area contributed by atoms with Crippen LogP contribution in [0.4, 0.5) is 0 Å². The highest BCUT2D eigenvalue weighted by Crippen LogP contribution is 2.24. The molecule has 1 aromatic rings. The second-order valence-corrected chi connectivity index (χ2v) is 3.05. The van der Waals surface area contributed by atoms with Gasteiger partial charge in [-0.1, -0.05) is 6.92 Å². The van der Waals surface area contributed by atoms with Crippen molar-refractivity contribution in [3.63, 3.8) is 0 Å². The first-order valence-corrected chi connectivity index (χ1v) is 4.59. The summed E-state index contributed by atoms with van der Waals surface area (Å²) in [5, 5.41) is 9.49. The minimum absolute atomic E-state index is 0.151. The van der Waals surface area contributed by atoms with Gasteiger partial charge in [0.15, 0.2) is 5.78 Å². The molecule has 0 saturated carbocycles. The van der Waals surface area contributed by atoms with Gasteiger partial charge in [-0.05, 0) is 12.1 Å². The lowest BCUT2D eigenvalue weighted by atomic mass is 10.1. The van der Waals surface area contributed by atoms with E-state index in [4.69, 9.17) is 4.74 Å². The number of phenols is 1. The van der Waals surface area contributed by atoms with Crippen LogP contribution in [0.25, 0.3) is 0 Å². The lowest BCUT2D eigenvalue weighted by molar-refractivity contribution is -0.131. The smallest absolute Gasteiger partial charge is 0.308 e. The molecule has 0 aromatic heterocycles. The standard InChI is InChI=1S/C11H12O4/c1-3-10(13)9-5-4-8(6-11(9)14)15-7(2)12/h4-6,14H,3H2,1-2H3. The maximum absolute atomic E-state index is 11.3. The van der Waals surface area contributed by atoms with Crippen LogP contribution in [0, 0.1) is 0 Å². The Morgan fingerprint density at radius 1 is 1.40 bits per heavy atom. The van der Waals surface area contributed by atoms with E-state index < -0.39 is 5.97 Å². The monoisotopic (exact) mass is 208 g/mol. The van der Waals surface area contributed by atoms with Crippen molar-refractivity contribution in [1.82, 2.24) is 0 Å². The Morgan fingerprint density at radius 3 is 2.53 bits per heavy atom. The third kappa shape index (κ3) is 2.80. The van der Waals surface area contributed by atoms with Crippen molar-refractivity contribution in [2.24, 2.45) is 0 Å². The third-order valence-electron chi connectivity index (χ3n) is 1.85. The minimum atomic E-state index is -0.469. The molecule has 0 radical (unpaired) electrons. The molecule has 0 saturated heterocycles. The molecule has 0 heterocycles. The molecule has 0 fully saturated rings. The van der Waals surface area contributed by atoms with E-state index in [1.165, 1.54) is 25.1 Å². The molecule has 0 amide bonds. The Hall–Kier alpha value is -1.84. The zero-order valence-electron chi connectivity index (χ0n) is 8.61. The van der Waals surface area contributed by atoms with Crippen LogP contribution in [0.3, 0.4) is 0 Å². The molecule has 0 aliphatic rings. The van der Waals surface area contributed by atoms with E-state index in [1.807, 2.05) is 0 Å². The first kappa shape index (κ1) is 11.2. The molecular formula is C11H12O4. The molecule has 0 aliphatic heterocycles. The van der Waals surface area contributed by atoms with Gasteiger partial charge >= 0.3 is 5.97 Å². The zero-order chi connectivity index (χ0) is 11.4. The van der Waals surface area contributed by atoms with Gasteiger partial charge in [-0.3, -0.25) is 9.59 Å². The highest BCUT2D eigenvalue weighted by molar-refractivity contribution is 5.98. The molecule has 15 heavy (non-hydrogen) atoms. The first-order chi connectivity index (χ1) is 7.04. The quantitative estimate of drug-likeness (QED) is 0.468. The van der Waals surface area contributed by atoms with Crippen LogP contribution in [0.15, 0.2) is 18.2 Å². The normalized spacial score (nSPS) is 9.73. The SMILES string of the molecule is CCC(=O)c1ccc(OC(C)=O)cc1O. The maximum Gasteiger partial charge on any atom is 0.308 e. The Labute approximate surface area is 87.5 Å². The summed E-state index contributed by atoms with van der Waals surface area (Å²) in [5.41, 5.74) is 0.244. The van der Waals surface area contributed by atoms with Crippen molar-refractivity contribution < 1.29 is 19.4 Å². The van der Waals surface area contributed by atoms with Gasteiger partial charge in [0.05, 0.1) is 5.56 Å². The van der Waals surface area contributed by atoms with E-state index in [2.05, 4.69) is 0 Å². The average Bonchev–Trinajstić information content (AvgIpc) is 2.16. The number of ketones is 1. The molecule has 4 nitrogen and oxygen atoms in total. The molecule has 0 spiro atoms. The van der Waals surface area contributed by atoms with Gasteiger partial charge in [-0.2, -0.15) is 0 Å². The van der Waals surface area contributed by atoms with Crippen LogP contribution in [-0.4, -0.2) is 16.9 Å². The number of aromatic hydroxyl groups is 1. The number of ether oxygens (including phenoxy) is 1. The van der Waals surface area contributed by atoms with Gasteiger partial charge in [0.2, 0.25) is 0 Å². The maximum atomic E-state index is 11.3. The number of benzene rings is 1. The van der Waals surface area contributed by atoms with Crippen molar-refractivity contribution in [2.75, 3.05) is 0 Å². The van der Waals surface area contributed by atoms with E-state index >= 15 is 0 Å². The second kappa shape index (κ2) is 4.59. The number of phenolic OH excluding ortho intramolecular Hbond substituents is 1. The summed E-state index contributed by atoms with van der Waals surface area (Å²) in [6.07, 6.45) is 0.320. The van der Waals surface area contributed by atoms with E-state index in [0.717, 1.165) is 0 Å². The Bertz CT molecular complexity index is 396. The Kier molecular flexibility index (Phi) is 3.44. The van der Waals surface area contributed by atoms with Crippen LogP contribution in [0.5, 0.6) is 11.5 Å². The minimum Gasteiger partial charge on any atom is -0.507 e. The highest BCUT2D eigenvalue weighted by atomic mass is 16.5.